The summed E-state index contributed by atoms with van der Waals surface area (Å²) in [7, 11) is 0. The molecule has 1 fully saturated rings. The quantitative estimate of drug-likeness (QED) is 0.212. The summed E-state index contributed by atoms with van der Waals surface area (Å²) in [6.45, 7) is 2.44. The number of nitrogens with one attached hydrogen (secondary N) is 1. The molecule has 1 atom stereocenters. The number of nitrogens with two attached hydrogens (primary N) is 1. The number of hydrogen-bond donors (Lipinski definition) is 2. The van der Waals surface area contributed by atoms with Crippen molar-refractivity contribution in [2.75, 3.05) is 24.2 Å². The number of carbonyl (C=O) groups excluding carboxylic acids is 2. The van der Waals surface area contributed by atoms with E-state index in [1.807, 2.05) is 6.07 Å². The number of piperidine rings is 1. The second-order valence-corrected chi connectivity index (χ2v) is 9.68. The fraction of sp³-hybridized carbons (Fsp3) is 0.267. The molecule has 4 aromatic rings. The Morgan fingerprint density at radius 1 is 1.05 bits per heavy atom. The first-order chi connectivity index (χ1) is 19.7. The minimum absolute atomic E-state index is 0.0142. The summed E-state index contributed by atoms with van der Waals surface area (Å²) in [6, 6.07) is 16.8. The van der Waals surface area contributed by atoms with Crippen LogP contribution in [0, 0.1) is 0 Å². The molecular formula is C30H28F3N5O3. The molecule has 1 aromatic heterocycles. The predicted molar refractivity (Wildman–Crippen MR) is 149 cm³/mol. The molecular weight excluding hydrogens is 535 g/mol. The van der Waals surface area contributed by atoms with Crippen LogP contribution in [-0.2, 0) is 15.7 Å². The van der Waals surface area contributed by atoms with Crippen molar-refractivity contribution in [1.82, 2.24) is 14.9 Å². The number of alkyl halides is 3. The molecule has 0 radical (unpaired) electrons. The van der Waals surface area contributed by atoms with Gasteiger partial charge in [-0.1, -0.05) is 30.3 Å². The molecule has 41 heavy (non-hydrogen) atoms. The highest BCUT2D eigenvalue weighted by Crippen LogP contribution is 2.36. The summed E-state index contributed by atoms with van der Waals surface area (Å²) in [5, 5.41) is 3.17. The highest BCUT2D eigenvalue weighted by molar-refractivity contribution is 5.97. The Bertz CT molecular complexity index is 1580. The number of ether oxygens (including phenoxy) is 1. The molecule has 1 unspecified atom stereocenters. The van der Waals surface area contributed by atoms with Crippen LogP contribution in [0.2, 0.25) is 0 Å². The Balaban J connectivity index is 1.47. The van der Waals surface area contributed by atoms with E-state index in [9.17, 15) is 22.8 Å². The molecule has 0 aliphatic carbocycles. The van der Waals surface area contributed by atoms with E-state index in [2.05, 4.69) is 15.3 Å². The molecule has 8 nitrogen and oxygen atoms in total. The summed E-state index contributed by atoms with van der Waals surface area (Å²) in [5.41, 5.74) is 7.01. The standard InChI is InChI=1S/C30H28F3N5O3/c1-2-41-29(40)24-10-6-7-15-38(24)28(39)19-11-13-21(14-12-19)35-27-25(18-8-4-3-5-9-18)36-23-17-20(30(31,32)33)16-22(34)26(23)37-27/h3-5,8-9,11-14,16-17,24H,2,6-7,10,15,34H2,1H3,(H,35,37). The fourth-order valence-corrected chi connectivity index (χ4v) is 4.89. The zero-order valence-electron chi connectivity index (χ0n) is 22.2. The lowest BCUT2D eigenvalue weighted by atomic mass is 10.0. The van der Waals surface area contributed by atoms with E-state index in [-0.39, 0.29) is 35.1 Å². The molecule has 5 rings (SSSR count). The lowest BCUT2D eigenvalue weighted by molar-refractivity contribution is -0.149. The molecule has 2 heterocycles. The lowest BCUT2D eigenvalue weighted by Crippen LogP contribution is -2.48. The Labute approximate surface area is 234 Å². The number of nitrogen functional groups attached to an aromatic ring is 1. The first-order valence-electron chi connectivity index (χ1n) is 13.2. The van der Waals surface area contributed by atoms with Crippen molar-refractivity contribution in [2.45, 2.75) is 38.4 Å². The van der Waals surface area contributed by atoms with Gasteiger partial charge in [0, 0.05) is 23.4 Å². The number of rotatable bonds is 6. The van der Waals surface area contributed by atoms with Crippen molar-refractivity contribution >= 4 is 40.1 Å². The first-order valence-corrected chi connectivity index (χ1v) is 13.2. The van der Waals surface area contributed by atoms with Gasteiger partial charge in [0.1, 0.15) is 17.3 Å². The number of benzene rings is 3. The summed E-state index contributed by atoms with van der Waals surface area (Å²) in [4.78, 5) is 36.4. The largest absolute Gasteiger partial charge is 0.464 e. The fourth-order valence-electron chi connectivity index (χ4n) is 4.89. The molecule has 1 aliphatic heterocycles. The van der Waals surface area contributed by atoms with Crippen molar-refractivity contribution < 1.29 is 27.5 Å². The third kappa shape index (κ3) is 5.93. The number of anilines is 3. The van der Waals surface area contributed by atoms with Gasteiger partial charge in [-0.05, 0) is 62.6 Å². The van der Waals surface area contributed by atoms with Gasteiger partial charge in [-0.15, -0.1) is 0 Å². The Kier molecular flexibility index (Phi) is 7.78. The number of nitrogens with zero attached hydrogens (tertiary/aromatic N) is 3. The van der Waals surface area contributed by atoms with E-state index >= 15 is 0 Å². The molecule has 212 valence electrons. The second kappa shape index (κ2) is 11.4. The number of esters is 1. The maximum atomic E-state index is 13.4. The normalized spacial score (nSPS) is 15.5. The topological polar surface area (TPSA) is 110 Å². The average molecular weight is 564 g/mol. The summed E-state index contributed by atoms with van der Waals surface area (Å²) in [6.07, 6.45) is -2.38. The molecule has 11 heteroatoms. The molecule has 1 amide bonds. The average Bonchev–Trinajstić information content (AvgIpc) is 2.97. The van der Waals surface area contributed by atoms with Crippen molar-refractivity contribution in [1.29, 1.82) is 0 Å². The SMILES string of the molecule is CCOC(=O)C1CCCCN1C(=O)c1ccc(Nc2nc3c(N)cc(C(F)(F)F)cc3nc2-c2ccccc2)cc1. The smallest absolute Gasteiger partial charge is 0.416 e. The van der Waals surface area contributed by atoms with Gasteiger partial charge in [0.15, 0.2) is 5.82 Å². The molecule has 3 aromatic carbocycles. The summed E-state index contributed by atoms with van der Waals surface area (Å²) in [5.74, 6) is -0.380. The van der Waals surface area contributed by atoms with Crippen LogP contribution in [0.15, 0.2) is 66.7 Å². The summed E-state index contributed by atoms with van der Waals surface area (Å²) < 4.78 is 45.4. The Hall–Kier alpha value is -4.67. The van der Waals surface area contributed by atoms with Gasteiger partial charge < -0.3 is 20.7 Å². The van der Waals surface area contributed by atoms with Crippen LogP contribution >= 0.6 is 0 Å². The Morgan fingerprint density at radius 2 is 1.78 bits per heavy atom. The monoisotopic (exact) mass is 563 g/mol. The van der Waals surface area contributed by atoms with Crippen LogP contribution in [0.1, 0.15) is 42.1 Å². The van der Waals surface area contributed by atoms with Gasteiger partial charge >= 0.3 is 12.1 Å². The van der Waals surface area contributed by atoms with Gasteiger partial charge in [-0.3, -0.25) is 4.79 Å². The number of likely N-dealkylation sites (tertiary alicyclic amines) is 1. The maximum Gasteiger partial charge on any atom is 0.416 e. The number of aromatic nitrogens is 2. The van der Waals surface area contributed by atoms with E-state index in [0.29, 0.717) is 35.5 Å². The van der Waals surface area contributed by atoms with E-state index in [1.165, 1.54) is 0 Å². The van der Waals surface area contributed by atoms with Gasteiger partial charge in [0.05, 0.1) is 23.4 Å². The minimum Gasteiger partial charge on any atom is -0.464 e. The molecule has 1 saturated heterocycles. The third-order valence-electron chi connectivity index (χ3n) is 6.89. The van der Waals surface area contributed by atoms with Crippen LogP contribution in [-0.4, -0.2) is 45.9 Å². The van der Waals surface area contributed by atoms with E-state index in [0.717, 1.165) is 25.0 Å². The van der Waals surface area contributed by atoms with Crippen LogP contribution < -0.4 is 11.1 Å². The minimum atomic E-state index is -4.59. The number of carbonyl (C=O) groups is 2. The van der Waals surface area contributed by atoms with Crippen molar-refractivity contribution in [3.63, 3.8) is 0 Å². The van der Waals surface area contributed by atoms with Gasteiger partial charge in [-0.25, -0.2) is 14.8 Å². The highest BCUT2D eigenvalue weighted by atomic mass is 19.4. The third-order valence-corrected chi connectivity index (χ3v) is 6.89. The molecule has 1 aliphatic rings. The zero-order valence-corrected chi connectivity index (χ0v) is 22.2. The maximum absolute atomic E-state index is 13.4. The van der Waals surface area contributed by atoms with Gasteiger partial charge in [0.25, 0.3) is 5.91 Å². The van der Waals surface area contributed by atoms with Crippen molar-refractivity contribution in [3.05, 3.63) is 77.9 Å². The number of amides is 1. The van der Waals surface area contributed by atoms with Gasteiger partial charge in [0.2, 0.25) is 0 Å². The molecule has 3 N–H and O–H groups in total. The van der Waals surface area contributed by atoms with Crippen LogP contribution in [0.3, 0.4) is 0 Å². The zero-order chi connectivity index (χ0) is 29.1. The van der Waals surface area contributed by atoms with Crippen molar-refractivity contribution in [2.24, 2.45) is 0 Å². The second-order valence-electron chi connectivity index (χ2n) is 9.68. The van der Waals surface area contributed by atoms with Gasteiger partial charge in [-0.2, -0.15) is 13.2 Å². The molecule has 0 spiro atoms. The lowest BCUT2D eigenvalue weighted by Gasteiger charge is -2.34. The molecule has 0 bridgehead atoms. The van der Waals surface area contributed by atoms with E-state index in [4.69, 9.17) is 10.5 Å². The molecule has 0 saturated carbocycles. The first kappa shape index (κ1) is 27.9. The van der Waals surface area contributed by atoms with Crippen LogP contribution in [0.5, 0.6) is 0 Å². The van der Waals surface area contributed by atoms with E-state index in [1.54, 1.807) is 60.4 Å². The Morgan fingerprint density at radius 3 is 2.46 bits per heavy atom. The number of hydrogen-bond acceptors (Lipinski definition) is 7. The van der Waals surface area contributed by atoms with Crippen LogP contribution in [0.4, 0.5) is 30.4 Å². The number of halogens is 3. The summed E-state index contributed by atoms with van der Waals surface area (Å²) >= 11 is 0. The number of fused-ring (bicyclic) bond motifs is 1. The van der Waals surface area contributed by atoms with Crippen molar-refractivity contribution in [3.8, 4) is 11.3 Å². The predicted octanol–water partition coefficient (Wildman–Crippen LogP) is 6.20. The van der Waals surface area contributed by atoms with Crippen LogP contribution in [0.25, 0.3) is 22.3 Å². The highest BCUT2D eigenvalue weighted by Gasteiger charge is 2.34. The van der Waals surface area contributed by atoms with E-state index < -0.39 is 23.8 Å².